The summed E-state index contributed by atoms with van der Waals surface area (Å²) in [7, 11) is 0. The van der Waals surface area contributed by atoms with Crippen LogP contribution in [-0.4, -0.2) is 49.1 Å². The van der Waals surface area contributed by atoms with E-state index >= 15 is 0 Å². The molecule has 4 nitrogen and oxygen atoms in total. The molecule has 3 rings (SSSR count). The Kier molecular flexibility index (Phi) is 7.76. The molecule has 1 saturated heterocycles. The molecule has 0 unspecified atom stereocenters. The zero-order valence-corrected chi connectivity index (χ0v) is 17.5. The third-order valence-electron chi connectivity index (χ3n) is 5.44. The van der Waals surface area contributed by atoms with Gasteiger partial charge < -0.3 is 14.4 Å². The number of hydrogen-bond acceptors (Lipinski definition) is 3. The standard InChI is InChI=1S/C23H23F6NO3/c24-22(25,26)20(23(27,28)29)33-21(31)30-13-10-16(11-14-30)12-15-32-19-8-6-18(7-9-19)17-4-2-1-3-5-17/h1-9,16,20H,10-15H2. The number of halogens is 6. The highest BCUT2D eigenvalue weighted by molar-refractivity contribution is 5.68. The number of hydrogen-bond donors (Lipinski definition) is 0. The van der Waals surface area contributed by atoms with Gasteiger partial charge in [0.25, 0.3) is 6.10 Å². The van der Waals surface area contributed by atoms with E-state index in [0.29, 0.717) is 31.6 Å². The quantitative estimate of drug-likeness (QED) is 0.450. The summed E-state index contributed by atoms with van der Waals surface area (Å²) in [6.07, 6.45) is -15.6. The van der Waals surface area contributed by atoms with Crippen LogP contribution in [0.2, 0.25) is 0 Å². The van der Waals surface area contributed by atoms with Crippen molar-refractivity contribution in [3.05, 3.63) is 54.6 Å². The van der Waals surface area contributed by atoms with Gasteiger partial charge in [0.05, 0.1) is 6.61 Å². The Morgan fingerprint density at radius 3 is 1.97 bits per heavy atom. The lowest BCUT2D eigenvalue weighted by atomic mass is 9.94. The first-order valence-electron chi connectivity index (χ1n) is 10.4. The number of carbonyl (C=O) groups is 1. The fourth-order valence-corrected chi connectivity index (χ4v) is 3.62. The summed E-state index contributed by atoms with van der Waals surface area (Å²) in [5, 5.41) is 0. The van der Waals surface area contributed by atoms with Gasteiger partial charge in [-0.1, -0.05) is 42.5 Å². The van der Waals surface area contributed by atoms with Gasteiger partial charge in [-0.25, -0.2) is 4.79 Å². The molecular weight excluding hydrogens is 452 g/mol. The fraction of sp³-hybridized carbons (Fsp3) is 0.435. The highest BCUT2D eigenvalue weighted by atomic mass is 19.4. The number of likely N-dealkylation sites (tertiary alicyclic amines) is 1. The maximum atomic E-state index is 12.6. The Bertz CT molecular complexity index is 877. The first-order chi connectivity index (χ1) is 15.5. The van der Waals surface area contributed by atoms with Crippen LogP contribution in [0.25, 0.3) is 11.1 Å². The summed E-state index contributed by atoms with van der Waals surface area (Å²) in [6, 6.07) is 17.5. The van der Waals surface area contributed by atoms with Crippen LogP contribution >= 0.6 is 0 Å². The van der Waals surface area contributed by atoms with Crippen molar-refractivity contribution in [2.75, 3.05) is 19.7 Å². The number of ether oxygens (including phenoxy) is 2. The van der Waals surface area contributed by atoms with Crippen molar-refractivity contribution in [3.63, 3.8) is 0 Å². The molecule has 2 aromatic rings. The van der Waals surface area contributed by atoms with Crippen molar-refractivity contribution < 1.29 is 40.6 Å². The van der Waals surface area contributed by atoms with Gasteiger partial charge in [-0.15, -0.1) is 0 Å². The average Bonchev–Trinajstić information content (AvgIpc) is 2.77. The van der Waals surface area contributed by atoms with Crippen molar-refractivity contribution >= 4 is 6.09 Å². The van der Waals surface area contributed by atoms with Crippen molar-refractivity contribution in [2.24, 2.45) is 5.92 Å². The van der Waals surface area contributed by atoms with E-state index in [2.05, 4.69) is 4.74 Å². The van der Waals surface area contributed by atoms with Crippen LogP contribution in [0.4, 0.5) is 31.1 Å². The van der Waals surface area contributed by atoms with E-state index in [1.54, 1.807) is 0 Å². The molecule has 0 atom stereocenters. The maximum absolute atomic E-state index is 12.6. The van der Waals surface area contributed by atoms with Crippen LogP contribution < -0.4 is 4.74 Å². The molecule has 10 heteroatoms. The Labute approximate surface area is 187 Å². The van der Waals surface area contributed by atoms with Gasteiger partial charge in [-0.05, 0) is 48.4 Å². The molecule has 0 saturated carbocycles. The number of rotatable bonds is 6. The predicted molar refractivity (Wildman–Crippen MR) is 109 cm³/mol. The molecule has 0 spiro atoms. The van der Waals surface area contributed by atoms with Crippen LogP contribution in [0.1, 0.15) is 19.3 Å². The van der Waals surface area contributed by atoms with Gasteiger partial charge in [-0.3, -0.25) is 0 Å². The van der Waals surface area contributed by atoms with Crippen LogP contribution in [0.15, 0.2) is 54.6 Å². The van der Waals surface area contributed by atoms with Gasteiger partial charge in [0, 0.05) is 13.1 Å². The first-order valence-corrected chi connectivity index (χ1v) is 10.4. The lowest BCUT2D eigenvalue weighted by molar-refractivity contribution is -0.308. The highest BCUT2D eigenvalue weighted by Gasteiger charge is 2.60. The largest absolute Gasteiger partial charge is 0.494 e. The minimum atomic E-state index is -5.72. The molecule has 1 heterocycles. The van der Waals surface area contributed by atoms with E-state index in [1.165, 1.54) is 0 Å². The van der Waals surface area contributed by atoms with Crippen LogP contribution in [0.5, 0.6) is 5.75 Å². The minimum Gasteiger partial charge on any atom is -0.494 e. The average molecular weight is 475 g/mol. The second-order valence-electron chi connectivity index (χ2n) is 7.80. The molecule has 1 aliphatic rings. The van der Waals surface area contributed by atoms with Crippen molar-refractivity contribution in [1.29, 1.82) is 0 Å². The predicted octanol–water partition coefficient (Wildman–Crippen LogP) is 6.46. The lowest BCUT2D eigenvalue weighted by Gasteiger charge is -2.33. The molecule has 0 bridgehead atoms. The Hall–Kier alpha value is -2.91. The Balaban J connectivity index is 1.41. The maximum Gasteiger partial charge on any atom is 0.434 e. The van der Waals surface area contributed by atoms with Gasteiger partial charge in [-0.2, -0.15) is 26.3 Å². The molecule has 0 radical (unpaired) electrons. The Morgan fingerprint density at radius 2 is 1.42 bits per heavy atom. The van der Waals surface area contributed by atoms with E-state index in [9.17, 15) is 31.1 Å². The molecule has 0 aliphatic carbocycles. The normalized spacial score (nSPS) is 15.5. The van der Waals surface area contributed by atoms with Crippen LogP contribution in [0.3, 0.4) is 0 Å². The zero-order valence-electron chi connectivity index (χ0n) is 17.5. The minimum absolute atomic E-state index is 0.0255. The molecule has 0 N–H and O–H groups in total. The summed E-state index contributed by atoms with van der Waals surface area (Å²) in [4.78, 5) is 12.7. The summed E-state index contributed by atoms with van der Waals surface area (Å²) in [5.74, 6) is 0.833. The molecule has 33 heavy (non-hydrogen) atoms. The molecule has 1 fully saturated rings. The third kappa shape index (κ3) is 7.03. The topological polar surface area (TPSA) is 38.8 Å². The highest BCUT2D eigenvalue weighted by Crippen LogP contribution is 2.36. The Morgan fingerprint density at radius 1 is 0.879 bits per heavy atom. The zero-order chi connectivity index (χ0) is 24.1. The van der Waals surface area contributed by atoms with Crippen molar-refractivity contribution in [1.82, 2.24) is 4.90 Å². The fourth-order valence-electron chi connectivity index (χ4n) is 3.62. The van der Waals surface area contributed by atoms with E-state index in [4.69, 9.17) is 4.74 Å². The van der Waals surface area contributed by atoms with Crippen molar-refractivity contribution in [2.45, 2.75) is 37.7 Å². The van der Waals surface area contributed by atoms with Gasteiger partial charge in [0.15, 0.2) is 0 Å². The summed E-state index contributed by atoms with van der Waals surface area (Å²) >= 11 is 0. The van der Waals surface area contributed by atoms with E-state index in [0.717, 1.165) is 16.0 Å². The first kappa shape index (κ1) is 24.7. The smallest absolute Gasteiger partial charge is 0.434 e. The van der Waals surface area contributed by atoms with E-state index in [-0.39, 0.29) is 19.0 Å². The number of benzene rings is 2. The molecule has 1 amide bonds. The second-order valence-corrected chi connectivity index (χ2v) is 7.80. The van der Waals surface area contributed by atoms with Gasteiger partial charge in [0.1, 0.15) is 5.75 Å². The molecule has 2 aromatic carbocycles. The number of amides is 1. The summed E-state index contributed by atoms with van der Waals surface area (Å²) in [5.41, 5.74) is 2.15. The van der Waals surface area contributed by atoms with Crippen molar-refractivity contribution in [3.8, 4) is 16.9 Å². The van der Waals surface area contributed by atoms with Crippen LogP contribution in [0, 0.1) is 5.92 Å². The molecule has 0 aromatic heterocycles. The number of alkyl halides is 6. The molecule has 180 valence electrons. The number of nitrogens with zero attached hydrogens (tertiary/aromatic N) is 1. The van der Waals surface area contributed by atoms with E-state index < -0.39 is 24.5 Å². The SMILES string of the molecule is O=C(OC(C(F)(F)F)C(F)(F)F)N1CCC(CCOc2ccc(-c3ccccc3)cc2)CC1. The number of piperidine rings is 1. The number of carbonyl (C=O) groups excluding carboxylic acids is 1. The second kappa shape index (κ2) is 10.4. The molecule has 1 aliphatic heterocycles. The monoisotopic (exact) mass is 475 g/mol. The van der Waals surface area contributed by atoms with Gasteiger partial charge >= 0.3 is 18.4 Å². The van der Waals surface area contributed by atoms with Crippen LogP contribution in [-0.2, 0) is 4.74 Å². The summed E-state index contributed by atoms with van der Waals surface area (Å²) < 4.78 is 84.9. The third-order valence-corrected chi connectivity index (χ3v) is 5.44. The van der Waals surface area contributed by atoms with Gasteiger partial charge in [0.2, 0.25) is 0 Å². The molecular formula is C23H23F6NO3. The van der Waals surface area contributed by atoms with E-state index in [1.807, 2.05) is 54.6 Å². The lowest BCUT2D eigenvalue weighted by Crippen LogP contribution is -2.49. The summed E-state index contributed by atoms with van der Waals surface area (Å²) in [6.45, 7) is 0.458.